The molecule has 0 aliphatic carbocycles. The number of halogens is 1. The molecule has 0 N–H and O–H groups in total. The Balaban J connectivity index is 2.59. The zero-order valence-corrected chi connectivity index (χ0v) is 12.0. The Hall–Kier alpha value is -1.36. The van der Waals surface area contributed by atoms with Crippen LogP contribution in [0.1, 0.15) is 18.9 Å². The Kier molecular flexibility index (Phi) is 5.85. The molecular formula is C13H15BrO4. The van der Waals surface area contributed by atoms with Gasteiger partial charge in [-0.15, -0.1) is 0 Å². The first-order valence-corrected chi connectivity index (χ1v) is 6.35. The zero-order chi connectivity index (χ0) is 13.5. The highest BCUT2D eigenvalue weighted by Gasteiger charge is 2.11. The average Bonchev–Trinajstić information content (AvgIpc) is 2.29. The van der Waals surface area contributed by atoms with Crippen molar-refractivity contribution >= 4 is 27.7 Å². The largest absolute Gasteiger partial charge is 0.496 e. The highest BCUT2D eigenvalue weighted by atomic mass is 79.9. The Bertz CT molecular complexity index is 443. The minimum Gasteiger partial charge on any atom is -0.496 e. The Morgan fingerprint density at radius 2 is 2.06 bits per heavy atom. The van der Waals surface area contributed by atoms with Crippen LogP contribution in [0, 0.1) is 0 Å². The van der Waals surface area contributed by atoms with Crippen molar-refractivity contribution in [2.24, 2.45) is 0 Å². The summed E-state index contributed by atoms with van der Waals surface area (Å²) in [6, 6.07) is 5.38. The van der Waals surface area contributed by atoms with E-state index in [1.807, 2.05) is 6.07 Å². The normalized spacial score (nSPS) is 9.94. The molecule has 0 bridgehead atoms. The van der Waals surface area contributed by atoms with Crippen molar-refractivity contribution < 1.29 is 19.1 Å². The van der Waals surface area contributed by atoms with Crippen LogP contribution in [0.4, 0.5) is 0 Å². The van der Waals surface area contributed by atoms with E-state index in [4.69, 9.17) is 9.47 Å². The number of hydrogen-bond donors (Lipinski definition) is 0. The van der Waals surface area contributed by atoms with Crippen molar-refractivity contribution in [3.63, 3.8) is 0 Å². The van der Waals surface area contributed by atoms with Gasteiger partial charge in [0.05, 0.1) is 18.2 Å². The number of ketones is 1. The monoisotopic (exact) mass is 314 g/mol. The smallest absolute Gasteiger partial charge is 0.313 e. The van der Waals surface area contributed by atoms with Crippen LogP contribution in [0.2, 0.25) is 0 Å². The highest BCUT2D eigenvalue weighted by Crippen LogP contribution is 2.25. The van der Waals surface area contributed by atoms with Gasteiger partial charge in [-0.3, -0.25) is 9.59 Å². The van der Waals surface area contributed by atoms with Gasteiger partial charge in [0.15, 0.2) is 0 Å². The molecule has 0 saturated heterocycles. The Morgan fingerprint density at radius 3 is 2.61 bits per heavy atom. The predicted molar refractivity (Wildman–Crippen MR) is 70.7 cm³/mol. The molecule has 0 heterocycles. The van der Waals surface area contributed by atoms with Gasteiger partial charge < -0.3 is 9.47 Å². The zero-order valence-electron chi connectivity index (χ0n) is 10.4. The van der Waals surface area contributed by atoms with Crippen LogP contribution in [0.25, 0.3) is 0 Å². The van der Waals surface area contributed by atoms with Gasteiger partial charge in [0, 0.05) is 6.42 Å². The lowest BCUT2D eigenvalue weighted by Gasteiger charge is -2.06. The fraction of sp³-hybridized carbons (Fsp3) is 0.385. The molecule has 0 saturated carbocycles. The number of methoxy groups -OCH3 is 1. The van der Waals surface area contributed by atoms with Gasteiger partial charge in [0.2, 0.25) is 0 Å². The molecule has 0 aromatic heterocycles. The summed E-state index contributed by atoms with van der Waals surface area (Å²) in [7, 11) is 1.58. The highest BCUT2D eigenvalue weighted by molar-refractivity contribution is 9.10. The molecule has 0 aliphatic rings. The minimum absolute atomic E-state index is 0.162. The topological polar surface area (TPSA) is 52.6 Å². The second-order valence-electron chi connectivity index (χ2n) is 3.67. The van der Waals surface area contributed by atoms with Gasteiger partial charge >= 0.3 is 5.97 Å². The molecule has 0 fully saturated rings. The fourth-order valence-electron chi connectivity index (χ4n) is 1.48. The summed E-state index contributed by atoms with van der Waals surface area (Å²) in [6.45, 7) is 2.00. The number of Topliss-reactive ketones (excluding diaryl/α,β-unsaturated/α-hetero) is 1. The summed E-state index contributed by atoms with van der Waals surface area (Å²) in [6.07, 6.45) is 0.0267. The van der Waals surface area contributed by atoms with E-state index in [-0.39, 0.29) is 18.6 Å². The lowest BCUT2D eigenvalue weighted by atomic mass is 10.1. The molecule has 1 aromatic carbocycles. The molecule has 5 heteroatoms. The van der Waals surface area contributed by atoms with Crippen LogP contribution in [0.3, 0.4) is 0 Å². The first-order valence-electron chi connectivity index (χ1n) is 5.56. The van der Waals surface area contributed by atoms with Crippen LogP contribution in [0.15, 0.2) is 22.7 Å². The molecule has 1 aromatic rings. The third kappa shape index (κ3) is 4.49. The number of carbonyl (C=O) groups excluding carboxylic acids is 2. The second kappa shape index (κ2) is 7.16. The fourth-order valence-corrected chi connectivity index (χ4v) is 2.07. The van der Waals surface area contributed by atoms with Crippen LogP contribution in [-0.4, -0.2) is 25.5 Å². The van der Waals surface area contributed by atoms with Gasteiger partial charge in [-0.2, -0.15) is 0 Å². The van der Waals surface area contributed by atoms with Gasteiger partial charge in [-0.1, -0.05) is 6.07 Å². The maximum atomic E-state index is 11.6. The van der Waals surface area contributed by atoms with Gasteiger partial charge in [-0.05, 0) is 40.5 Å². The van der Waals surface area contributed by atoms with Gasteiger partial charge in [0.1, 0.15) is 18.0 Å². The summed E-state index contributed by atoms with van der Waals surface area (Å²) < 4.78 is 10.6. The van der Waals surface area contributed by atoms with E-state index in [0.717, 1.165) is 10.0 Å². The van der Waals surface area contributed by atoms with E-state index in [1.165, 1.54) is 0 Å². The van der Waals surface area contributed by atoms with E-state index < -0.39 is 5.97 Å². The van der Waals surface area contributed by atoms with Gasteiger partial charge in [-0.25, -0.2) is 0 Å². The number of rotatable bonds is 6. The molecule has 1 rings (SSSR count). The second-order valence-corrected chi connectivity index (χ2v) is 4.52. The van der Waals surface area contributed by atoms with Crippen molar-refractivity contribution in [2.75, 3.05) is 13.7 Å². The first-order chi connectivity index (χ1) is 8.56. The molecule has 0 spiro atoms. The van der Waals surface area contributed by atoms with E-state index in [9.17, 15) is 9.59 Å². The molecule has 0 atom stereocenters. The maximum absolute atomic E-state index is 11.6. The molecule has 4 nitrogen and oxygen atoms in total. The molecule has 0 aliphatic heterocycles. The van der Waals surface area contributed by atoms with E-state index in [0.29, 0.717) is 12.4 Å². The van der Waals surface area contributed by atoms with Gasteiger partial charge in [0.25, 0.3) is 0 Å². The van der Waals surface area contributed by atoms with Crippen molar-refractivity contribution in [1.29, 1.82) is 0 Å². The average molecular weight is 315 g/mol. The number of esters is 1. The summed E-state index contributed by atoms with van der Waals surface area (Å²) >= 11 is 3.35. The molecule has 18 heavy (non-hydrogen) atoms. The van der Waals surface area contributed by atoms with Crippen LogP contribution in [-0.2, 0) is 20.7 Å². The van der Waals surface area contributed by atoms with Crippen molar-refractivity contribution in [2.45, 2.75) is 19.8 Å². The quantitative estimate of drug-likeness (QED) is 0.598. The first kappa shape index (κ1) is 14.7. The maximum Gasteiger partial charge on any atom is 0.313 e. The van der Waals surface area contributed by atoms with Crippen molar-refractivity contribution in [1.82, 2.24) is 0 Å². The van der Waals surface area contributed by atoms with Crippen molar-refractivity contribution in [3.05, 3.63) is 28.2 Å². The summed E-state index contributed by atoms with van der Waals surface area (Å²) in [5.41, 5.74) is 0.831. The number of hydrogen-bond acceptors (Lipinski definition) is 4. The van der Waals surface area contributed by atoms with Crippen LogP contribution in [0.5, 0.6) is 5.75 Å². The Labute approximate surface area is 114 Å². The number of carbonyl (C=O) groups is 2. The number of ether oxygens (including phenoxy) is 2. The van der Waals surface area contributed by atoms with E-state index >= 15 is 0 Å². The summed E-state index contributed by atoms with van der Waals surface area (Å²) in [5, 5.41) is 0. The van der Waals surface area contributed by atoms with E-state index in [1.54, 1.807) is 26.2 Å². The minimum atomic E-state index is -0.477. The lowest BCUT2D eigenvalue weighted by Crippen LogP contribution is -2.13. The predicted octanol–water partition coefficient (Wildman–Crippen LogP) is 2.52. The summed E-state index contributed by atoms with van der Waals surface area (Å²) in [4.78, 5) is 22.8. The third-order valence-electron chi connectivity index (χ3n) is 2.26. The standard InChI is InChI=1S/C13H15BrO4/c1-3-18-13(16)8-10(15)6-9-4-5-12(17-2)11(14)7-9/h4-5,7H,3,6,8H2,1-2H3. The molecule has 0 unspecified atom stereocenters. The molecule has 0 radical (unpaired) electrons. The van der Waals surface area contributed by atoms with Crippen LogP contribution < -0.4 is 4.74 Å². The molecular weight excluding hydrogens is 300 g/mol. The molecule has 98 valence electrons. The van der Waals surface area contributed by atoms with E-state index in [2.05, 4.69) is 15.9 Å². The number of benzene rings is 1. The summed E-state index contributed by atoms with van der Waals surface area (Å²) in [5.74, 6) is 0.0668. The molecule has 0 amide bonds. The Morgan fingerprint density at radius 1 is 1.33 bits per heavy atom. The SMILES string of the molecule is CCOC(=O)CC(=O)Cc1ccc(OC)c(Br)c1. The lowest BCUT2D eigenvalue weighted by molar-refractivity contribution is -0.145. The third-order valence-corrected chi connectivity index (χ3v) is 2.88. The van der Waals surface area contributed by atoms with Crippen LogP contribution >= 0.6 is 15.9 Å². The van der Waals surface area contributed by atoms with Crippen molar-refractivity contribution in [3.8, 4) is 5.75 Å².